The molecule has 0 aromatic heterocycles. The van der Waals surface area contributed by atoms with Gasteiger partial charge in [-0.15, -0.1) is 0 Å². The Morgan fingerprint density at radius 1 is 1.08 bits per heavy atom. The van der Waals surface area contributed by atoms with Crippen LogP contribution in [-0.4, -0.2) is 59.9 Å². The minimum Gasteiger partial charge on any atom is -0.352 e. The van der Waals surface area contributed by atoms with Crippen LogP contribution in [0.25, 0.3) is 0 Å². The summed E-state index contributed by atoms with van der Waals surface area (Å²) < 4.78 is 0. The molecule has 1 heterocycles. The first-order valence-electron chi connectivity index (χ1n) is 9.29. The zero-order chi connectivity index (χ0) is 18.0. The zero-order valence-corrected chi connectivity index (χ0v) is 15.5. The van der Waals surface area contributed by atoms with Crippen LogP contribution in [-0.2, 0) is 15.0 Å². The molecule has 5 nitrogen and oxygen atoms in total. The molecule has 1 aromatic rings. The number of hydrogen-bond donors (Lipinski definition) is 1. The molecule has 1 aliphatic carbocycles. The van der Waals surface area contributed by atoms with Crippen molar-refractivity contribution in [2.24, 2.45) is 0 Å². The fourth-order valence-corrected chi connectivity index (χ4v) is 3.40. The fraction of sp³-hybridized carbons (Fsp3) is 0.600. The molecular formula is C20H29N3O2. The molecule has 0 bridgehead atoms. The summed E-state index contributed by atoms with van der Waals surface area (Å²) in [6, 6.07) is 10.2. The third-order valence-electron chi connectivity index (χ3n) is 5.48. The summed E-state index contributed by atoms with van der Waals surface area (Å²) in [6.45, 7) is 8.78. The van der Waals surface area contributed by atoms with E-state index in [4.69, 9.17) is 0 Å². The number of nitrogens with zero attached hydrogens (tertiary/aromatic N) is 2. The molecule has 1 aromatic carbocycles. The molecule has 3 rings (SSSR count). The monoisotopic (exact) mass is 343 g/mol. The normalized spacial score (nSPS) is 20.2. The molecule has 2 fully saturated rings. The van der Waals surface area contributed by atoms with E-state index in [1.54, 1.807) is 0 Å². The van der Waals surface area contributed by atoms with Gasteiger partial charge in [-0.1, -0.05) is 30.3 Å². The van der Waals surface area contributed by atoms with E-state index >= 15 is 0 Å². The first kappa shape index (κ1) is 17.9. The second kappa shape index (κ2) is 7.16. The molecular weight excluding hydrogens is 314 g/mol. The summed E-state index contributed by atoms with van der Waals surface area (Å²) in [6.07, 6.45) is 2.21. The van der Waals surface area contributed by atoms with Crippen LogP contribution >= 0.6 is 0 Å². The van der Waals surface area contributed by atoms with E-state index in [1.165, 1.54) is 0 Å². The van der Waals surface area contributed by atoms with E-state index in [9.17, 15) is 9.59 Å². The maximum atomic E-state index is 13.0. The Labute approximate surface area is 150 Å². The van der Waals surface area contributed by atoms with Crippen LogP contribution in [0, 0.1) is 0 Å². The molecule has 0 spiro atoms. The van der Waals surface area contributed by atoms with Gasteiger partial charge in [-0.3, -0.25) is 14.5 Å². The van der Waals surface area contributed by atoms with Gasteiger partial charge >= 0.3 is 0 Å². The van der Waals surface area contributed by atoms with Crippen LogP contribution in [0.1, 0.15) is 39.2 Å². The summed E-state index contributed by atoms with van der Waals surface area (Å²) in [7, 11) is 0. The van der Waals surface area contributed by atoms with Crippen molar-refractivity contribution in [1.82, 2.24) is 15.1 Å². The van der Waals surface area contributed by atoms with E-state index in [0.717, 1.165) is 31.5 Å². The summed E-state index contributed by atoms with van der Waals surface area (Å²) in [4.78, 5) is 29.3. The number of piperazine rings is 1. The molecule has 136 valence electrons. The smallest absolute Gasteiger partial charge is 0.237 e. The highest BCUT2D eigenvalue weighted by Crippen LogP contribution is 2.26. The minimum absolute atomic E-state index is 0.117. The standard InChI is InChI=1S/C20H29N3O2/c1-15(18(24)21-17-9-10-17)22-11-13-23(14-12-22)19(25)20(2,3)16-7-5-4-6-8-16/h4-8,15,17H,9-14H2,1-3H3,(H,21,24)/t15-/m1/s1. The zero-order valence-electron chi connectivity index (χ0n) is 15.5. The summed E-state index contributed by atoms with van der Waals surface area (Å²) in [5, 5.41) is 3.07. The number of hydrogen-bond acceptors (Lipinski definition) is 3. The van der Waals surface area contributed by atoms with E-state index in [-0.39, 0.29) is 17.9 Å². The van der Waals surface area contributed by atoms with Gasteiger partial charge in [-0.25, -0.2) is 0 Å². The highest BCUT2D eigenvalue weighted by atomic mass is 16.2. The largest absolute Gasteiger partial charge is 0.352 e. The van der Waals surface area contributed by atoms with Gasteiger partial charge in [0.15, 0.2) is 0 Å². The fourth-order valence-electron chi connectivity index (χ4n) is 3.40. The number of carbonyl (C=O) groups is 2. The topological polar surface area (TPSA) is 52.7 Å². The Hall–Kier alpha value is -1.88. The molecule has 0 unspecified atom stereocenters. The lowest BCUT2D eigenvalue weighted by Gasteiger charge is -2.40. The van der Waals surface area contributed by atoms with Crippen LogP contribution < -0.4 is 5.32 Å². The number of amides is 2. The minimum atomic E-state index is -0.529. The van der Waals surface area contributed by atoms with Crippen LogP contribution in [0.2, 0.25) is 0 Å². The molecule has 1 saturated heterocycles. The van der Waals surface area contributed by atoms with E-state index in [0.29, 0.717) is 19.1 Å². The molecule has 25 heavy (non-hydrogen) atoms. The Bertz CT molecular complexity index is 617. The lowest BCUT2D eigenvalue weighted by molar-refractivity contribution is -0.139. The quantitative estimate of drug-likeness (QED) is 0.887. The van der Waals surface area contributed by atoms with Crippen molar-refractivity contribution in [3.05, 3.63) is 35.9 Å². The van der Waals surface area contributed by atoms with Crippen molar-refractivity contribution in [2.75, 3.05) is 26.2 Å². The van der Waals surface area contributed by atoms with E-state index in [1.807, 2.05) is 56.0 Å². The van der Waals surface area contributed by atoms with Crippen molar-refractivity contribution < 1.29 is 9.59 Å². The maximum Gasteiger partial charge on any atom is 0.237 e. The molecule has 1 atom stereocenters. The second-order valence-corrected chi connectivity index (χ2v) is 7.78. The SMILES string of the molecule is C[C@H](C(=O)NC1CC1)N1CCN(C(=O)C(C)(C)c2ccccc2)CC1. The van der Waals surface area contributed by atoms with Gasteiger partial charge in [0.1, 0.15) is 0 Å². The average molecular weight is 343 g/mol. The van der Waals surface area contributed by atoms with Crippen molar-refractivity contribution in [3.63, 3.8) is 0 Å². The van der Waals surface area contributed by atoms with Gasteiger partial charge in [-0.2, -0.15) is 0 Å². The number of carbonyl (C=O) groups excluding carboxylic acids is 2. The number of rotatable bonds is 5. The highest BCUT2D eigenvalue weighted by Gasteiger charge is 2.36. The van der Waals surface area contributed by atoms with Crippen LogP contribution in [0.5, 0.6) is 0 Å². The molecule has 5 heteroatoms. The van der Waals surface area contributed by atoms with E-state index in [2.05, 4.69) is 10.2 Å². The van der Waals surface area contributed by atoms with Crippen LogP contribution in [0.3, 0.4) is 0 Å². The van der Waals surface area contributed by atoms with Crippen molar-refractivity contribution >= 4 is 11.8 Å². The Morgan fingerprint density at radius 2 is 1.68 bits per heavy atom. The predicted octanol–water partition coefficient (Wildman–Crippen LogP) is 1.78. The first-order chi connectivity index (χ1) is 11.9. The van der Waals surface area contributed by atoms with Crippen LogP contribution in [0.4, 0.5) is 0 Å². The lowest BCUT2D eigenvalue weighted by atomic mass is 9.83. The third-order valence-corrected chi connectivity index (χ3v) is 5.48. The number of benzene rings is 1. The highest BCUT2D eigenvalue weighted by molar-refractivity contribution is 5.87. The van der Waals surface area contributed by atoms with Crippen molar-refractivity contribution in [1.29, 1.82) is 0 Å². The van der Waals surface area contributed by atoms with Crippen molar-refractivity contribution in [2.45, 2.75) is 51.1 Å². The molecule has 2 amide bonds. The Morgan fingerprint density at radius 3 is 2.24 bits per heavy atom. The number of nitrogens with one attached hydrogen (secondary N) is 1. The molecule has 2 aliphatic rings. The van der Waals surface area contributed by atoms with Gasteiger partial charge < -0.3 is 10.2 Å². The summed E-state index contributed by atoms with van der Waals surface area (Å²) in [5.41, 5.74) is 0.512. The van der Waals surface area contributed by atoms with Gasteiger partial charge in [0, 0.05) is 32.2 Å². The average Bonchev–Trinajstić information content (AvgIpc) is 3.45. The molecule has 1 saturated carbocycles. The molecule has 1 N–H and O–H groups in total. The molecule has 0 radical (unpaired) electrons. The molecule has 1 aliphatic heterocycles. The Balaban J connectivity index is 1.56. The van der Waals surface area contributed by atoms with Gasteiger partial charge in [-0.05, 0) is 39.2 Å². The maximum absolute atomic E-state index is 13.0. The van der Waals surface area contributed by atoms with Crippen LogP contribution in [0.15, 0.2) is 30.3 Å². The van der Waals surface area contributed by atoms with Gasteiger partial charge in [0.25, 0.3) is 0 Å². The second-order valence-electron chi connectivity index (χ2n) is 7.78. The van der Waals surface area contributed by atoms with Gasteiger partial charge in [0.05, 0.1) is 11.5 Å². The predicted molar refractivity (Wildman–Crippen MR) is 98.2 cm³/mol. The lowest BCUT2D eigenvalue weighted by Crippen LogP contribution is -2.57. The Kier molecular flexibility index (Phi) is 5.13. The van der Waals surface area contributed by atoms with E-state index < -0.39 is 5.41 Å². The van der Waals surface area contributed by atoms with Gasteiger partial charge in [0.2, 0.25) is 11.8 Å². The summed E-state index contributed by atoms with van der Waals surface area (Å²) in [5.74, 6) is 0.278. The third kappa shape index (κ3) is 4.03. The first-order valence-corrected chi connectivity index (χ1v) is 9.29. The van der Waals surface area contributed by atoms with Crippen molar-refractivity contribution in [3.8, 4) is 0 Å². The summed E-state index contributed by atoms with van der Waals surface area (Å²) >= 11 is 0.